The van der Waals surface area contributed by atoms with Crippen LogP contribution >= 0.6 is 0 Å². The number of sulfonamides is 1. The maximum absolute atomic E-state index is 13.7. The molecule has 0 spiro atoms. The molecule has 112 valence electrons. The van der Waals surface area contributed by atoms with Crippen LogP contribution in [0.3, 0.4) is 0 Å². The summed E-state index contributed by atoms with van der Waals surface area (Å²) in [6.07, 6.45) is 0. The second-order valence-corrected chi connectivity index (χ2v) is 6.14. The molecule has 1 atom stereocenters. The monoisotopic (exact) mass is 310 g/mol. The molecule has 5 nitrogen and oxygen atoms in total. The Morgan fingerprint density at radius 3 is 2.43 bits per heavy atom. The molecule has 0 heterocycles. The van der Waals surface area contributed by atoms with Gasteiger partial charge in [-0.1, -0.05) is 30.3 Å². The van der Waals surface area contributed by atoms with Crippen molar-refractivity contribution >= 4 is 15.7 Å². The third-order valence-electron chi connectivity index (χ3n) is 2.93. The highest BCUT2D eigenvalue weighted by Crippen LogP contribution is 2.20. The van der Waals surface area contributed by atoms with Gasteiger partial charge < -0.3 is 10.8 Å². The van der Waals surface area contributed by atoms with Gasteiger partial charge in [-0.15, -0.1) is 0 Å². The van der Waals surface area contributed by atoms with E-state index in [1.54, 1.807) is 30.3 Å². The standard InChI is InChI=1S/C14H15FN2O3S/c15-12-8-11(16)6-7-14(12)21(19,20)17-13(9-18)10-4-2-1-3-5-10/h1-8,13,17-18H,9,16H2. The molecule has 0 radical (unpaired) electrons. The molecule has 0 aliphatic carbocycles. The first-order valence-corrected chi connectivity index (χ1v) is 7.65. The lowest BCUT2D eigenvalue weighted by atomic mass is 10.1. The van der Waals surface area contributed by atoms with E-state index in [1.165, 1.54) is 6.07 Å². The molecule has 7 heteroatoms. The van der Waals surface area contributed by atoms with Gasteiger partial charge in [0, 0.05) is 5.69 Å². The van der Waals surface area contributed by atoms with Crippen LogP contribution in [0.25, 0.3) is 0 Å². The highest BCUT2D eigenvalue weighted by atomic mass is 32.2. The SMILES string of the molecule is Nc1ccc(S(=O)(=O)NC(CO)c2ccccc2)c(F)c1. The molecule has 2 aromatic rings. The topological polar surface area (TPSA) is 92.4 Å². The minimum atomic E-state index is -4.11. The van der Waals surface area contributed by atoms with Gasteiger partial charge in [-0.2, -0.15) is 0 Å². The van der Waals surface area contributed by atoms with Gasteiger partial charge in [0.1, 0.15) is 10.7 Å². The molecule has 4 N–H and O–H groups in total. The lowest BCUT2D eigenvalue weighted by Crippen LogP contribution is -2.31. The number of nitrogen functional groups attached to an aromatic ring is 1. The lowest BCUT2D eigenvalue weighted by molar-refractivity contribution is 0.258. The van der Waals surface area contributed by atoms with E-state index in [4.69, 9.17) is 5.73 Å². The number of benzene rings is 2. The van der Waals surface area contributed by atoms with Crippen molar-refractivity contribution in [3.8, 4) is 0 Å². The van der Waals surface area contributed by atoms with Crippen LogP contribution in [0.1, 0.15) is 11.6 Å². The smallest absolute Gasteiger partial charge is 0.244 e. The summed E-state index contributed by atoms with van der Waals surface area (Å²) < 4.78 is 40.4. The van der Waals surface area contributed by atoms with E-state index in [0.717, 1.165) is 12.1 Å². The summed E-state index contributed by atoms with van der Waals surface area (Å²) in [5, 5.41) is 9.36. The zero-order valence-electron chi connectivity index (χ0n) is 11.0. The Bertz CT molecular complexity index is 720. The average molecular weight is 310 g/mol. The number of nitrogens with one attached hydrogen (secondary N) is 1. The molecule has 0 amide bonds. The van der Waals surface area contributed by atoms with Crippen molar-refractivity contribution in [1.82, 2.24) is 4.72 Å². The van der Waals surface area contributed by atoms with E-state index >= 15 is 0 Å². The summed E-state index contributed by atoms with van der Waals surface area (Å²) in [6.45, 7) is -0.445. The minimum absolute atomic E-state index is 0.133. The maximum Gasteiger partial charge on any atom is 0.244 e. The molecule has 0 aliphatic rings. The van der Waals surface area contributed by atoms with Crippen LogP contribution in [0.5, 0.6) is 0 Å². The first kappa shape index (κ1) is 15.4. The molecule has 0 aromatic heterocycles. The summed E-state index contributed by atoms with van der Waals surface area (Å²) in [5.41, 5.74) is 6.11. The maximum atomic E-state index is 13.7. The predicted molar refractivity (Wildman–Crippen MR) is 77.4 cm³/mol. The van der Waals surface area contributed by atoms with Crippen LogP contribution < -0.4 is 10.5 Å². The Labute approximate surface area is 122 Å². The van der Waals surface area contributed by atoms with Crippen molar-refractivity contribution in [2.45, 2.75) is 10.9 Å². The summed E-state index contributed by atoms with van der Waals surface area (Å²) in [4.78, 5) is -0.508. The van der Waals surface area contributed by atoms with E-state index in [0.29, 0.717) is 5.56 Å². The van der Waals surface area contributed by atoms with Gasteiger partial charge in [-0.3, -0.25) is 0 Å². The van der Waals surface area contributed by atoms with E-state index in [2.05, 4.69) is 4.72 Å². The number of aliphatic hydroxyl groups excluding tert-OH is 1. The van der Waals surface area contributed by atoms with Gasteiger partial charge in [-0.25, -0.2) is 17.5 Å². The zero-order chi connectivity index (χ0) is 15.5. The highest BCUT2D eigenvalue weighted by Gasteiger charge is 2.23. The van der Waals surface area contributed by atoms with Crippen LogP contribution in [0.2, 0.25) is 0 Å². The molecule has 21 heavy (non-hydrogen) atoms. The van der Waals surface area contributed by atoms with E-state index in [-0.39, 0.29) is 5.69 Å². The van der Waals surface area contributed by atoms with Crippen molar-refractivity contribution in [2.75, 3.05) is 12.3 Å². The van der Waals surface area contributed by atoms with Gasteiger partial charge in [0.25, 0.3) is 0 Å². The van der Waals surface area contributed by atoms with Crippen molar-refractivity contribution in [1.29, 1.82) is 0 Å². The molecule has 0 saturated carbocycles. The Morgan fingerprint density at radius 2 is 1.86 bits per heavy atom. The van der Waals surface area contributed by atoms with E-state index in [9.17, 15) is 17.9 Å². The predicted octanol–water partition coefficient (Wildman–Crippen LogP) is 1.42. The van der Waals surface area contributed by atoms with Crippen molar-refractivity contribution in [3.05, 3.63) is 59.9 Å². The molecule has 0 aliphatic heterocycles. The summed E-state index contributed by atoms with van der Waals surface area (Å²) >= 11 is 0. The zero-order valence-corrected chi connectivity index (χ0v) is 11.8. The number of hydrogen-bond donors (Lipinski definition) is 3. The molecule has 0 saturated heterocycles. The minimum Gasteiger partial charge on any atom is -0.399 e. The number of halogens is 1. The van der Waals surface area contributed by atoms with E-state index in [1.807, 2.05) is 0 Å². The van der Waals surface area contributed by atoms with Crippen LogP contribution in [0, 0.1) is 5.82 Å². The third-order valence-corrected chi connectivity index (χ3v) is 4.43. The van der Waals surface area contributed by atoms with Gasteiger partial charge in [0.15, 0.2) is 0 Å². The largest absolute Gasteiger partial charge is 0.399 e. The first-order valence-electron chi connectivity index (χ1n) is 6.17. The Hall–Kier alpha value is -1.96. The average Bonchev–Trinajstić information content (AvgIpc) is 2.45. The van der Waals surface area contributed by atoms with E-state index < -0.39 is 33.4 Å². The van der Waals surface area contributed by atoms with Crippen LogP contribution in [-0.2, 0) is 10.0 Å². The quantitative estimate of drug-likeness (QED) is 0.728. The fourth-order valence-electron chi connectivity index (χ4n) is 1.88. The molecular formula is C14H15FN2O3S. The molecule has 2 aromatic carbocycles. The number of hydrogen-bond acceptors (Lipinski definition) is 4. The van der Waals surface area contributed by atoms with Crippen LogP contribution in [0.4, 0.5) is 10.1 Å². The molecule has 2 rings (SSSR count). The number of aliphatic hydroxyl groups is 1. The Balaban J connectivity index is 2.32. The van der Waals surface area contributed by atoms with Gasteiger partial charge in [0.05, 0.1) is 12.6 Å². The third kappa shape index (κ3) is 3.57. The number of rotatable bonds is 5. The van der Waals surface area contributed by atoms with Crippen LogP contribution in [0.15, 0.2) is 53.4 Å². The summed E-state index contributed by atoms with van der Waals surface area (Å²) in [5.74, 6) is -0.938. The lowest BCUT2D eigenvalue weighted by Gasteiger charge is -2.17. The van der Waals surface area contributed by atoms with Gasteiger partial charge in [0.2, 0.25) is 10.0 Å². The molecule has 0 fully saturated rings. The fourth-order valence-corrected chi connectivity index (χ4v) is 3.16. The Kier molecular flexibility index (Phi) is 4.56. The molecule has 0 bridgehead atoms. The first-order chi connectivity index (χ1) is 9.94. The number of anilines is 1. The van der Waals surface area contributed by atoms with Crippen molar-refractivity contribution in [3.63, 3.8) is 0 Å². The normalized spacial score (nSPS) is 13.0. The summed E-state index contributed by atoms with van der Waals surface area (Å²) in [6, 6.07) is 11.0. The molecule has 1 unspecified atom stereocenters. The fraction of sp³-hybridized carbons (Fsp3) is 0.143. The van der Waals surface area contributed by atoms with Gasteiger partial charge >= 0.3 is 0 Å². The van der Waals surface area contributed by atoms with Crippen molar-refractivity contribution < 1.29 is 17.9 Å². The van der Waals surface area contributed by atoms with Crippen molar-refractivity contribution in [2.24, 2.45) is 0 Å². The van der Waals surface area contributed by atoms with Gasteiger partial charge in [-0.05, 0) is 23.8 Å². The summed E-state index contributed by atoms with van der Waals surface area (Å²) in [7, 11) is -4.11. The highest BCUT2D eigenvalue weighted by molar-refractivity contribution is 7.89. The second-order valence-electron chi connectivity index (χ2n) is 4.46. The second kappa shape index (κ2) is 6.21. The Morgan fingerprint density at radius 1 is 1.19 bits per heavy atom. The molecular weight excluding hydrogens is 295 g/mol. The number of nitrogens with two attached hydrogens (primary N) is 1. The van der Waals surface area contributed by atoms with Crippen LogP contribution in [-0.4, -0.2) is 20.1 Å².